The van der Waals surface area contributed by atoms with Crippen molar-refractivity contribution in [2.24, 2.45) is 0 Å². The maximum Gasteiger partial charge on any atom is 0.145 e. The molecule has 3 aromatic rings. The number of ether oxygens (including phenoxy) is 2. The van der Waals surface area contributed by atoms with E-state index in [2.05, 4.69) is 15.3 Å². The highest BCUT2D eigenvalue weighted by molar-refractivity contribution is 5.78. The maximum atomic E-state index is 14.2. The Kier molecular flexibility index (Phi) is 4.29. The first-order chi connectivity index (χ1) is 13.6. The molecule has 0 bridgehead atoms. The highest BCUT2D eigenvalue weighted by atomic mass is 19.1. The Labute approximate surface area is 162 Å². The molecule has 2 aliphatic rings. The quantitative estimate of drug-likeness (QED) is 0.752. The van der Waals surface area contributed by atoms with Crippen molar-refractivity contribution in [2.75, 3.05) is 13.2 Å². The molecule has 0 saturated carbocycles. The molecule has 3 atom stereocenters. The van der Waals surface area contributed by atoms with E-state index in [1.54, 1.807) is 12.4 Å². The summed E-state index contributed by atoms with van der Waals surface area (Å²) < 4.78 is 28.6. The van der Waals surface area contributed by atoms with Crippen LogP contribution in [-0.4, -0.2) is 33.8 Å². The Balaban J connectivity index is 1.38. The smallest absolute Gasteiger partial charge is 0.145 e. The van der Waals surface area contributed by atoms with Crippen molar-refractivity contribution in [3.05, 3.63) is 53.4 Å². The zero-order valence-corrected chi connectivity index (χ0v) is 16.0. The fourth-order valence-corrected chi connectivity index (χ4v) is 4.33. The molecule has 0 amide bonds. The molecule has 3 unspecified atom stereocenters. The Hall–Kier alpha value is -2.51. The maximum absolute atomic E-state index is 14.2. The first-order valence-electron chi connectivity index (χ1n) is 9.73. The van der Waals surface area contributed by atoms with Crippen molar-refractivity contribution in [3.8, 4) is 5.75 Å². The van der Waals surface area contributed by atoms with Gasteiger partial charge in [-0.3, -0.25) is 0 Å². The second kappa shape index (κ2) is 6.83. The second-order valence-corrected chi connectivity index (χ2v) is 7.55. The van der Waals surface area contributed by atoms with Crippen molar-refractivity contribution in [2.45, 2.75) is 45.1 Å². The first-order valence-corrected chi connectivity index (χ1v) is 9.73. The lowest BCUT2D eigenvalue weighted by molar-refractivity contribution is 0.0526. The molecule has 146 valence electrons. The zero-order chi connectivity index (χ0) is 19.3. The number of benzene rings is 1. The number of rotatable bonds is 3. The number of aryl methyl sites for hydroxylation is 1. The number of fused-ring (bicyclic) bond motifs is 2. The van der Waals surface area contributed by atoms with Gasteiger partial charge in [-0.2, -0.15) is 0 Å². The topological polar surface area (TPSA) is 61.2 Å². The molecule has 2 aliphatic heterocycles. The van der Waals surface area contributed by atoms with E-state index >= 15 is 0 Å². The molecule has 1 saturated heterocycles. The van der Waals surface area contributed by atoms with Gasteiger partial charge in [-0.15, -0.1) is 0 Å². The lowest BCUT2D eigenvalue weighted by Crippen LogP contribution is -2.30. The van der Waals surface area contributed by atoms with Gasteiger partial charge in [0.05, 0.1) is 12.3 Å². The summed E-state index contributed by atoms with van der Waals surface area (Å²) in [5.41, 5.74) is 3.52. The molecule has 4 heterocycles. The number of nitrogens with one attached hydrogen (secondary N) is 1. The lowest BCUT2D eigenvalue weighted by atomic mass is 9.94. The lowest BCUT2D eigenvalue weighted by Gasteiger charge is -2.27. The minimum Gasteiger partial charge on any atom is -0.487 e. The molecule has 1 fully saturated rings. The van der Waals surface area contributed by atoms with Crippen LogP contribution in [0.5, 0.6) is 5.75 Å². The zero-order valence-electron chi connectivity index (χ0n) is 16.0. The Bertz CT molecular complexity index is 1030. The van der Waals surface area contributed by atoms with E-state index in [9.17, 15) is 4.39 Å². The molecule has 5 rings (SSSR count). The van der Waals surface area contributed by atoms with Crippen LogP contribution < -0.4 is 10.1 Å². The Morgan fingerprint density at radius 2 is 2.18 bits per heavy atom. The van der Waals surface area contributed by atoms with E-state index in [0.717, 1.165) is 40.1 Å². The van der Waals surface area contributed by atoms with Crippen LogP contribution in [0.1, 0.15) is 42.4 Å². The number of halogens is 1. The van der Waals surface area contributed by atoms with Gasteiger partial charge in [0.1, 0.15) is 35.9 Å². The highest BCUT2D eigenvalue weighted by Crippen LogP contribution is 2.36. The highest BCUT2D eigenvalue weighted by Gasteiger charge is 2.31. The predicted molar refractivity (Wildman–Crippen MR) is 103 cm³/mol. The largest absolute Gasteiger partial charge is 0.487 e. The third-order valence-corrected chi connectivity index (χ3v) is 5.77. The third kappa shape index (κ3) is 2.86. The molecule has 0 spiro atoms. The van der Waals surface area contributed by atoms with E-state index in [-0.39, 0.29) is 24.2 Å². The first kappa shape index (κ1) is 17.6. The van der Waals surface area contributed by atoms with Gasteiger partial charge in [-0.25, -0.2) is 14.4 Å². The third-order valence-electron chi connectivity index (χ3n) is 5.77. The minimum atomic E-state index is -0.148. The summed E-state index contributed by atoms with van der Waals surface area (Å²) in [6.07, 6.45) is 4.74. The Morgan fingerprint density at radius 3 is 3.07 bits per heavy atom. The van der Waals surface area contributed by atoms with Gasteiger partial charge in [-0.1, -0.05) is 0 Å². The molecule has 7 heteroatoms. The fourth-order valence-electron chi connectivity index (χ4n) is 4.33. The van der Waals surface area contributed by atoms with E-state index in [1.807, 2.05) is 30.7 Å². The summed E-state index contributed by atoms with van der Waals surface area (Å²) in [6, 6.07) is 5.35. The van der Waals surface area contributed by atoms with Crippen molar-refractivity contribution < 1.29 is 13.9 Å². The molecule has 1 aromatic carbocycles. The van der Waals surface area contributed by atoms with Crippen molar-refractivity contribution >= 4 is 11.0 Å². The molecular weight excluding hydrogens is 359 g/mol. The summed E-state index contributed by atoms with van der Waals surface area (Å²) in [5.74, 6) is 0.603. The van der Waals surface area contributed by atoms with Gasteiger partial charge in [-0.05, 0) is 50.6 Å². The van der Waals surface area contributed by atoms with Crippen LogP contribution in [0.4, 0.5) is 4.39 Å². The molecule has 2 aromatic heterocycles. The number of hydrogen-bond acceptors (Lipinski definition) is 5. The fraction of sp³-hybridized carbons (Fsp3) is 0.429. The van der Waals surface area contributed by atoms with Gasteiger partial charge in [0.2, 0.25) is 0 Å². The van der Waals surface area contributed by atoms with Gasteiger partial charge in [0, 0.05) is 29.6 Å². The molecule has 28 heavy (non-hydrogen) atoms. The predicted octanol–water partition coefficient (Wildman–Crippen LogP) is 3.45. The number of nitrogens with zero attached hydrogens (tertiary/aromatic N) is 3. The van der Waals surface area contributed by atoms with Crippen molar-refractivity contribution in [1.82, 2.24) is 19.9 Å². The summed E-state index contributed by atoms with van der Waals surface area (Å²) in [6.45, 7) is 5.29. The average Bonchev–Trinajstić information content (AvgIpc) is 3.32. The monoisotopic (exact) mass is 382 g/mol. The van der Waals surface area contributed by atoms with Crippen molar-refractivity contribution in [3.63, 3.8) is 0 Å². The van der Waals surface area contributed by atoms with E-state index in [4.69, 9.17) is 9.47 Å². The van der Waals surface area contributed by atoms with Crippen LogP contribution >= 0.6 is 0 Å². The molecular formula is C21H23FN4O2. The molecule has 0 radical (unpaired) electrons. The van der Waals surface area contributed by atoms with E-state index in [0.29, 0.717) is 19.4 Å². The number of aromatic nitrogens is 3. The van der Waals surface area contributed by atoms with Crippen LogP contribution in [0.15, 0.2) is 30.7 Å². The average molecular weight is 382 g/mol. The molecule has 6 nitrogen and oxygen atoms in total. The Morgan fingerprint density at radius 1 is 1.29 bits per heavy atom. The van der Waals surface area contributed by atoms with Crippen LogP contribution in [0, 0.1) is 12.7 Å². The minimum absolute atomic E-state index is 0.0700. The molecule has 0 aliphatic carbocycles. The summed E-state index contributed by atoms with van der Waals surface area (Å²) >= 11 is 0. The summed E-state index contributed by atoms with van der Waals surface area (Å²) in [4.78, 5) is 8.66. The SMILES string of the molecule is Cc1ncnc2c1ccn2C1CC(Oc2ccc(F)c3c2C(C)NCC3)CO1. The van der Waals surface area contributed by atoms with Gasteiger partial charge in [0.25, 0.3) is 0 Å². The van der Waals surface area contributed by atoms with Gasteiger partial charge in [0.15, 0.2) is 0 Å². The van der Waals surface area contributed by atoms with Crippen LogP contribution in [-0.2, 0) is 11.2 Å². The van der Waals surface area contributed by atoms with E-state index < -0.39 is 0 Å². The van der Waals surface area contributed by atoms with Gasteiger partial charge < -0.3 is 19.4 Å². The summed E-state index contributed by atoms with van der Waals surface area (Å²) in [7, 11) is 0. The van der Waals surface area contributed by atoms with Crippen LogP contribution in [0.25, 0.3) is 11.0 Å². The summed E-state index contributed by atoms with van der Waals surface area (Å²) in [5, 5.41) is 4.42. The van der Waals surface area contributed by atoms with Crippen LogP contribution in [0.3, 0.4) is 0 Å². The van der Waals surface area contributed by atoms with E-state index in [1.165, 1.54) is 6.07 Å². The van der Waals surface area contributed by atoms with Gasteiger partial charge >= 0.3 is 0 Å². The standard InChI is InChI=1S/C21H23FN4O2/c1-12-15-6-8-26(21(15)25-11-24-12)19-9-14(10-27-19)28-18-4-3-17(22)16-5-7-23-13(2)20(16)18/h3-4,6,8,11,13-14,19,23H,5,7,9-10H2,1-2H3. The molecule has 1 N–H and O–H groups in total. The van der Waals surface area contributed by atoms with Crippen LogP contribution in [0.2, 0.25) is 0 Å². The van der Waals surface area contributed by atoms with Crippen molar-refractivity contribution in [1.29, 1.82) is 0 Å². The number of hydrogen-bond donors (Lipinski definition) is 1. The normalized spacial score (nSPS) is 24.5. The second-order valence-electron chi connectivity index (χ2n) is 7.55.